The van der Waals surface area contributed by atoms with Gasteiger partial charge in [0.2, 0.25) is 0 Å². The van der Waals surface area contributed by atoms with Gasteiger partial charge in [0.1, 0.15) is 56.8 Å². The first-order chi connectivity index (χ1) is 47.1. The lowest BCUT2D eigenvalue weighted by Gasteiger charge is -2.49. The van der Waals surface area contributed by atoms with Gasteiger partial charge in [-0.15, -0.1) is 0 Å². The molecule has 0 amide bonds. The Labute approximate surface area is 566 Å². The number of benzene rings is 7. The molecule has 8 rings (SSSR count). The minimum Gasteiger partial charge on any atom is -0.462 e. The second-order valence-corrected chi connectivity index (χ2v) is 26.7. The molecule has 1 saturated carbocycles. The highest BCUT2D eigenvalue weighted by atomic mass is 31.2. The van der Waals surface area contributed by atoms with Gasteiger partial charge in [0.05, 0.1) is 52.9 Å². The maximum Gasteiger partial charge on any atom is 0.475 e. The number of unbranched alkanes of at least 4 members (excludes halogenated alkanes) is 8. The van der Waals surface area contributed by atoms with Crippen LogP contribution in [0.25, 0.3) is 0 Å². The molecule has 0 bridgehead atoms. The van der Waals surface area contributed by atoms with Crippen LogP contribution in [0.15, 0.2) is 212 Å². The quantitative estimate of drug-likeness (QED) is 0.0151. The predicted molar refractivity (Wildman–Crippen MR) is 364 cm³/mol. The van der Waals surface area contributed by atoms with Crippen molar-refractivity contribution in [1.82, 2.24) is 0 Å². The molecule has 516 valence electrons. The number of carbonyl (C=O) groups excluding carboxylic acids is 2. The molecule has 8 atom stereocenters. The number of hydrogen-bond acceptors (Lipinski definition) is 18. The summed E-state index contributed by atoms with van der Waals surface area (Å²) in [7, 11) is -10.0. The zero-order valence-electron chi connectivity index (χ0n) is 55.3. The van der Waals surface area contributed by atoms with Gasteiger partial charge in [0, 0.05) is 12.8 Å². The van der Waals surface area contributed by atoms with Crippen molar-refractivity contribution in [3.05, 3.63) is 251 Å². The number of carbonyl (C=O) groups is 2. The van der Waals surface area contributed by atoms with E-state index < -0.39 is 97.1 Å². The Hall–Kier alpha value is -6.54. The minimum atomic E-state index is -5.14. The number of ether oxygens (including phenoxy) is 8. The SMILES string of the molecule is CCCCCCCC(=O)OC[C@@H](COP(=O)(OCc1ccccc1)O[C@@H]1[C@H](OCOCc2ccccc2)[C@H](OP(=O)(OCc2ccccc2)OCc2ccccc2)[C@@H](OCc2ccccc2)[C@H](OCc2ccccc2)[C@H]1OCOCc1ccccc1)OC(=O)CCCCCCC. The highest BCUT2D eigenvalue weighted by Crippen LogP contribution is 2.58. The van der Waals surface area contributed by atoms with Crippen LogP contribution in [0, 0.1) is 0 Å². The summed E-state index contributed by atoms with van der Waals surface area (Å²) in [5, 5.41) is 0. The van der Waals surface area contributed by atoms with E-state index in [9.17, 15) is 9.59 Å². The van der Waals surface area contributed by atoms with Gasteiger partial charge in [-0.3, -0.25) is 36.7 Å². The van der Waals surface area contributed by atoms with Crippen LogP contribution >= 0.6 is 15.6 Å². The molecule has 7 aromatic carbocycles. The number of esters is 2. The van der Waals surface area contributed by atoms with Gasteiger partial charge in [-0.05, 0) is 51.8 Å². The van der Waals surface area contributed by atoms with Crippen LogP contribution in [0.3, 0.4) is 0 Å². The van der Waals surface area contributed by atoms with Gasteiger partial charge in [-0.2, -0.15) is 0 Å². The largest absolute Gasteiger partial charge is 0.475 e. The van der Waals surface area contributed by atoms with Gasteiger partial charge < -0.3 is 37.9 Å². The Kier molecular flexibility index (Phi) is 33.7. The van der Waals surface area contributed by atoms with Crippen LogP contribution in [0.2, 0.25) is 0 Å². The van der Waals surface area contributed by atoms with Crippen molar-refractivity contribution in [3.63, 3.8) is 0 Å². The Morgan fingerprint density at radius 3 is 1.01 bits per heavy atom. The predicted octanol–water partition coefficient (Wildman–Crippen LogP) is 17.1. The fraction of sp³-hybridized carbons (Fsp3) is 0.421. The first kappa shape index (κ1) is 75.2. The zero-order chi connectivity index (χ0) is 67.1. The van der Waals surface area contributed by atoms with Gasteiger partial charge in [0.15, 0.2) is 6.10 Å². The molecule has 20 heteroatoms. The summed E-state index contributed by atoms with van der Waals surface area (Å²) in [4.78, 5) is 27.1. The summed E-state index contributed by atoms with van der Waals surface area (Å²) in [6.45, 7) is 1.57. The summed E-state index contributed by atoms with van der Waals surface area (Å²) < 4.78 is 125. The van der Waals surface area contributed by atoms with E-state index in [2.05, 4.69) is 13.8 Å². The minimum absolute atomic E-state index is 0.0545. The summed E-state index contributed by atoms with van der Waals surface area (Å²) in [6, 6.07) is 65.1. The van der Waals surface area contributed by atoms with Crippen molar-refractivity contribution >= 4 is 27.6 Å². The third-order valence-electron chi connectivity index (χ3n) is 15.7. The normalized spacial score (nSPS) is 18.1. The lowest BCUT2D eigenvalue weighted by Crippen LogP contribution is -2.67. The summed E-state index contributed by atoms with van der Waals surface area (Å²) in [5.41, 5.74) is 5.08. The van der Waals surface area contributed by atoms with Crippen molar-refractivity contribution in [2.75, 3.05) is 26.8 Å². The molecule has 0 aliphatic heterocycles. The molecule has 1 aliphatic rings. The van der Waals surface area contributed by atoms with Crippen molar-refractivity contribution in [1.29, 1.82) is 0 Å². The number of phosphoric acid groups is 2. The van der Waals surface area contributed by atoms with Crippen molar-refractivity contribution in [3.8, 4) is 0 Å². The van der Waals surface area contributed by atoms with Gasteiger partial charge >= 0.3 is 27.6 Å². The van der Waals surface area contributed by atoms with Crippen LogP contribution in [0.1, 0.15) is 130 Å². The Morgan fingerprint density at radius 2 is 0.635 bits per heavy atom. The van der Waals surface area contributed by atoms with E-state index in [0.29, 0.717) is 29.5 Å². The maximum absolute atomic E-state index is 16.5. The van der Waals surface area contributed by atoms with E-state index in [-0.39, 0.29) is 59.1 Å². The first-order valence-electron chi connectivity index (χ1n) is 33.5. The molecule has 0 heterocycles. The van der Waals surface area contributed by atoms with Crippen molar-refractivity contribution in [2.45, 2.75) is 180 Å². The van der Waals surface area contributed by atoms with Crippen LogP contribution < -0.4 is 0 Å². The van der Waals surface area contributed by atoms with E-state index in [1.165, 1.54) is 0 Å². The van der Waals surface area contributed by atoms with E-state index in [1.54, 1.807) is 24.3 Å². The third kappa shape index (κ3) is 27.4. The molecule has 7 aromatic rings. The van der Waals surface area contributed by atoms with Gasteiger partial charge in [-0.25, -0.2) is 9.13 Å². The number of phosphoric ester groups is 2. The standard InChI is InChI=1S/C76H94O18P2/c1-3-5-7-9-32-48-69(77)83-57-68(92-70(78)49-33-10-8-6-4-2)58-91-96(80,90-56-67-46-30-17-31-47-67)94-76-73(86-59-81-50-61-34-18-11-19-35-61)71(84-52-63-38-22-13-23-39-63)72(85-53-64-40-24-14-25-41-64)75(74(76)87-60-82-51-62-36-20-12-21-37-62)93-95(79,88-54-65-42-26-15-27-43-65)89-55-66-44-28-16-29-45-66/h11-31,34-47,68,71-76H,3-10,32-33,48-60H2,1-2H3/t68-,71-,72-,73+,74+,75+,76-,96?/m0/s1. The topological polar surface area (TPSA) is 197 Å². The van der Waals surface area contributed by atoms with E-state index >= 15 is 9.13 Å². The molecule has 1 unspecified atom stereocenters. The van der Waals surface area contributed by atoms with Crippen molar-refractivity contribution < 1.29 is 83.8 Å². The molecule has 0 N–H and O–H groups in total. The molecule has 0 spiro atoms. The van der Waals surface area contributed by atoms with Gasteiger partial charge in [-0.1, -0.05) is 278 Å². The molecule has 0 saturated heterocycles. The summed E-state index contributed by atoms with van der Waals surface area (Å²) in [6.07, 6.45) is -1.22. The van der Waals surface area contributed by atoms with Crippen molar-refractivity contribution in [2.24, 2.45) is 0 Å². The molecule has 1 fully saturated rings. The van der Waals surface area contributed by atoms with Crippen LogP contribution in [0.4, 0.5) is 0 Å². The van der Waals surface area contributed by atoms with Gasteiger partial charge in [0.25, 0.3) is 0 Å². The zero-order valence-corrected chi connectivity index (χ0v) is 57.0. The third-order valence-corrected chi connectivity index (χ3v) is 18.5. The second-order valence-electron chi connectivity index (χ2n) is 23.4. The number of rotatable bonds is 47. The molecule has 0 radical (unpaired) electrons. The first-order valence-corrected chi connectivity index (χ1v) is 36.4. The van der Waals surface area contributed by atoms with Crippen LogP contribution in [0.5, 0.6) is 0 Å². The average molecular weight is 1360 g/mol. The molecule has 0 aromatic heterocycles. The monoisotopic (exact) mass is 1360 g/mol. The Bertz CT molecular complexity index is 3260. The molecular formula is C76H94O18P2. The van der Waals surface area contributed by atoms with E-state index in [0.717, 1.165) is 73.6 Å². The second kappa shape index (κ2) is 43.0. The number of hydrogen-bond donors (Lipinski definition) is 0. The molecular weight excluding hydrogens is 1260 g/mol. The maximum atomic E-state index is 16.5. The molecule has 18 nitrogen and oxygen atoms in total. The highest BCUT2D eigenvalue weighted by Gasteiger charge is 2.59. The molecule has 96 heavy (non-hydrogen) atoms. The lowest BCUT2D eigenvalue weighted by atomic mass is 9.84. The van der Waals surface area contributed by atoms with Crippen LogP contribution in [-0.4, -0.2) is 81.5 Å². The molecule has 1 aliphatic carbocycles. The smallest absolute Gasteiger partial charge is 0.462 e. The summed E-state index contributed by atoms with van der Waals surface area (Å²) in [5.74, 6) is -1.06. The fourth-order valence-corrected chi connectivity index (χ4v) is 13.3. The highest BCUT2D eigenvalue weighted by molar-refractivity contribution is 7.48. The Morgan fingerprint density at radius 1 is 0.333 bits per heavy atom. The fourth-order valence-electron chi connectivity index (χ4n) is 10.6. The average Bonchev–Trinajstić information content (AvgIpc) is 0.754. The van der Waals surface area contributed by atoms with E-state index in [1.807, 2.05) is 188 Å². The van der Waals surface area contributed by atoms with Crippen LogP contribution in [-0.2, 0) is 130 Å². The lowest BCUT2D eigenvalue weighted by molar-refractivity contribution is -0.286. The van der Waals surface area contributed by atoms with E-state index in [4.69, 9.17) is 65.0 Å². The Balaban J connectivity index is 1.26. The summed E-state index contributed by atoms with van der Waals surface area (Å²) >= 11 is 0.